The van der Waals surface area contributed by atoms with Crippen LogP contribution in [0.25, 0.3) is 0 Å². The maximum Gasteiger partial charge on any atom is 0.303 e. The molecule has 1 aromatic rings. The van der Waals surface area contributed by atoms with Crippen molar-refractivity contribution in [1.29, 1.82) is 5.26 Å². The molecule has 1 rings (SSSR count). The lowest BCUT2D eigenvalue weighted by molar-refractivity contribution is -0.137. The molecule has 5 nitrogen and oxygen atoms in total. The number of carbonyl (C=O) groups is 1. The molecule has 0 aromatic carbocycles. The predicted molar refractivity (Wildman–Crippen MR) is 68.2 cm³/mol. The topological polar surface area (TPSA) is 86.0 Å². The number of nitrogens with zero attached hydrogens (tertiary/aromatic N) is 2. The second-order valence-corrected chi connectivity index (χ2v) is 4.41. The van der Waals surface area contributed by atoms with E-state index in [0.717, 1.165) is 5.69 Å². The molecular weight excluding hydrogens is 230 g/mol. The number of rotatable bonds is 6. The van der Waals surface area contributed by atoms with E-state index in [0.29, 0.717) is 24.3 Å². The van der Waals surface area contributed by atoms with Crippen LogP contribution in [-0.4, -0.2) is 22.6 Å². The normalized spacial score (nSPS) is 11.6. The monoisotopic (exact) mass is 247 g/mol. The van der Waals surface area contributed by atoms with Crippen LogP contribution < -0.4 is 5.32 Å². The summed E-state index contributed by atoms with van der Waals surface area (Å²) in [6.45, 7) is 4.46. The first-order chi connectivity index (χ1) is 8.51. The third kappa shape index (κ3) is 4.83. The van der Waals surface area contributed by atoms with Crippen molar-refractivity contribution < 1.29 is 9.90 Å². The summed E-state index contributed by atoms with van der Waals surface area (Å²) in [7, 11) is 0. The molecule has 0 saturated heterocycles. The van der Waals surface area contributed by atoms with Crippen molar-refractivity contribution in [1.82, 2.24) is 4.98 Å². The van der Waals surface area contributed by atoms with Crippen LogP contribution in [0.2, 0.25) is 0 Å². The number of nitrogens with one attached hydrogen (secondary N) is 1. The van der Waals surface area contributed by atoms with Gasteiger partial charge in [0.2, 0.25) is 0 Å². The van der Waals surface area contributed by atoms with Crippen LogP contribution >= 0.6 is 0 Å². The van der Waals surface area contributed by atoms with Crippen molar-refractivity contribution >= 4 is 11.8 Å². The molecular formula is C13H17N3O2. The van der Waals surface area contributed by atoms with Gasteiger partial charge in [0.25, 0.3) is 0 Å². The second kappa shape index (κ2) is 6.60. The first-order valence-corrected chi connectivity index (χ1v) is 5.85. The molecule has 0 aliphatic carbocycles. The molecule has 1 unspecified atom stereocenters. The van der Waals surface area contributed by atoms with Crippen LogP contribution in [0.5, 0.6) is 0 Å². The molecule has 0 saturated carbocycles. The van der Waals surface area contributed by atoms with Crippen molar-refractivity contribution in [2.45, 2.75) is 26.7 Å². The van der Waals surface area contributed by atoms with E-state index in [-0.39, 0.29) is 12.3 Å². The van der Waals surface area contributed by atoms with Crippen LogP contribution in [0.1, 0.15) is 31.0 Å². The summed E-state index contributed by atoms with van der Waals surface area (Å²) < 4.78 is 0. The molecule has 0 aliphatic heterocycles. The first kappa shape index (κ1) is 14.0. The van der Waals surface area contributed by atoms with E-state index in [1.54, 1.807) is 12.1 Å². The van der Waals surface area contributed by atoms with Crippen LogP contribution in [0, 0.1) is 24.2 Å². The lowest BCUT2D eigenvalue weighted by Crippen LogP contribution is -2.13. The summed E-state index contributed by atoms with van der Waals surface area (Å²) in [6, 6.07) is 5.49. The number of aryl methyl sites for hydroxylation is 1. The van der Waals surface area contributed by atoms with E-state index in [2.05, 4.69) is 16.4 Å². The van der Waals surface area contributed by atoms with Gasteiger partial charge >= 0.3 is 5.97 Å². The minimum atomic E-state index is -0.776. The number of anilines is 1. The fraction of sp³-hybridized carbons (Fsp3) is 0.462. The molecule has 0 radical (unpaired) electrons. The number of carboxylic acids is 1. The van der Waals surface area contributed by atoms with Crippen LogP contribution in [0.3, 0.4) is 0 Å². The third-order valence-corrected chi connectivity index (χ3v) is 2.57. The van der Waals surface area contributed by atoms with Gasteiger partial charge < -0.3 is 10.4 Å². The summed E-state index contributed by atoms with van der Waals surface area (Å²) >= 11 is 0. The molecule has 18 heavy (non-hydrogen) atoms. The number of hydrogen-bond acceptors (Lipinski definition) is 4. The van der Waals surface area contributed by atoms with E-state index in [4.69, 9.17) is 10.4 Å². The number of aromatic nitrogens is 1. The van der Waals surface area contributed by atoms with Gasteiger partial charge in [-0.2, -0.15) is 5.26 Å². The highest BCUT2D eigenvalue weighted by atomic mass is 16.4. The average Bonchev–Trinajstić information content (AvgIpc) is 2.33. The van der Waals surface area contributed by atoms with E-state index in [9.17, 15) is 4.79 Å². The number of pyridine rings is 1. The van der Waals surface area contributed by atoms with Crippen LogP contribution in [-0.2, 0) is 4.79 Å². The SMILES string of the molecule is Cc1cc(C#N)cc(NCC(C)CCC(=O)O)n1. The van der Waals surface area contributed by atoms with Gasteiger partial charge in [-0.05, 0) is 31.4 Å². The maximum absolute atomic E-state index is 10.4. The number of nitriles is 1. The van der Waals surface area contributed by atoms with Gasteiger partial charge in [0, 0.05) is 18.7 Å². The molecule has 0 spiro atoms. The highest BCUT2D eigenvalue weighted by Gasteiger charge is 2.06. The summed E-state index contributed by atoms with van der Waals surface area (Å²) in [5, 5.41) is 20.6. The average molecular weight is 247 g/mol. The van der Waals surface area contributed by atoms with E-state index in [1.807, 2.05) is 13.8 Å². The van der Waals surface area contributed by atoms with Gasteiger partial charge in [-0.25, -0.2) is 4.98 Å². The highest BCUT2D eigenvalue weighted by molar-refractivity contribution is 5.66. The predicted octanol–water partition coefficient (Wildman–Crippen LogP) is 2.17. The molecule has 2 N–H and O–H groups in total. The Morgan fingerprint density at radius 1 is 1.61 bits per heavy atom. The quantitative estimate of drug-likeness (QED) is 0.804. The van der Waals surface area contributed by atoms with E-state index in [1.165, 1.54) is 0 Å². The minimum absolute atomic E-state index is 0.174. The van der Waals surface area contributed by atoms with Gasteiger partial charge in [-0.3, -0.25) is 4.79 Å². The molecule has 1 aromatic heterocycles. The van der Waals surface area contributed by atoms with Gasteiger partial charge in [0.1, 0.15) is 5.82 Å². The van der Waals surface area contributed by atoms with Crippen molar-refractivity contribution in [3.8, 4) is 6.07 Å². The Kier molecular flexibility index (Phi) is 5.12. The Morgan fingerprint density at radius 3 is 2.94 bits per heavy atom. The zero-order chi connectivity index (χ0) is 13.5. The fourth-order valence-corrected chi connectivity index (χ4v) is 1.57. The van der Waals surface area contributed by atoms with E-state index < -0.39 is 5.97 Å². The molecule has 0 bridgehead atoms. The van der Waals surface area contributed by atoms with Gasteiger partial charge in [-0.15, -0.1) is 0 Å². The van der Waals surface area contributed by atoms with Crippen LogP contribution in [0.4, 0.5) is 5.82 Å². The van der Waals surface area contributed by atoms with Crippen molar-refractivity contribution in [2.24, 2.45) is 5.92 Å². The lowest BCUT2D eigenvalue weighted by Gasteiger charge is -2.12. The largest absolute Gasteiger partial charge is 0.481 e. The van der Waals surface area contributed by atoms with Crippen molar-refractivity contribution in [3.05, 3.63) is 23.4 Å². The molecule has 0 amide bonds. The fourth-order valence-electron chi connectivity index (χ4n) is 1.57. The Bertz CT molecular complexity index is 466. The lowest BCUT2D eigenvalue weighted by atomic mass is 10.1. The van der Waals surface area contributed by atoms with Crippen molar-refractivity contribution in [2.75, 3.05) is 11.9 Å². The summed E-state index contributed by atoms with van der Waals surface area (Å²) in [5.41, 5.74) is 1.36. The van der Waals surface area contributed by atoms with Gasteiger partial charge in [0.15, 0.2) is 0 Å². The Morgan fingerprint density at radius 2 is 2.33 bits per heavy atom. The standard InChI is InChI=1S/C13H17N3O2/c1-9(3-4-13(17)18)8-15-12-6-11(7-14)5-10(2)16-12/h5-6,9H,3-4,8H2,1-2H3,(H,15,16)(H,17,18). The first-order valence-electron chi connectivity index (χ1n) is 5.85. The number of aliphatic carboxylic acids is 1. The smallest absolute Gasteiger partial charge is 0.303 e. The van der Waals surface area contributed by atoms with Crippen molar-refractivity contribution in [3.63, 3.8) is 0 Å². The molecule has 0 aliphatic rings. The Balaban J connectivity index is 2.50. The van der Waals surface area contributed by atoms with E-state index >= 15 is 0 Å². The van der Waals surface area contributed by atoms with Gasteiger partial charge in [-0.1, -0.05) is 6.92 Å². The number of hydrogen-bond donors (Lipinski definition) is 2. The summed E-state index contributed by atoms with van der Waals surface area (Å²) in [5.74, 6) is 0.130. The number of carboxylic acid groups (broad SMARTS) is 1. The molecule has 96 valence electrons. The summed E-state index contributed by atoms with van der Waals surface area (Å²) in [4.78, 5) is 14.7. The Labute approximate surface area is 106 Å². The maximum atomic E-state index is 10.4. The zero-order valence-electron chi connectivity index (χ0n) is 10.6. The Hall–Kier alpha value is -2.09. The zero-order valence-corrected chi connectivity index (χ0v) is 10.6. The minimum Gasteiger partial charge on any atom is -0.481 e. The molecule has 1 atom stereocenters. The third-order valence-electron chi connectivity index (χ3n) is 2.57. The van der Waals surface area contributed by atoms with Gasteiger partial charge in [0.05, 0.1) is 11.6 Å². The summed E-state index contributed by atoms with van der Waals surface area (Å²) in [6.07, 6.45) is 0.798. The molecule has 1 heterocycles. The second-order valence-electron chi connectivity index (χ2n) is 4.41. The molecule has 5 heteroatoms. The van der Waals surface area contributed by atoms with Crippen LogP contribution in [0.15, 0.2) is 12.1 Å². The highest BCUT2D eigenvalue weighted by Crippen LogP contribution is 2.11. The molecule has 0 fully saturated rings.